The average molecular weight is 292 g/mol. The van der Waals surface area contributed by atoms with Crippen LogP contribution in [-0.4, -0.2) is 13.2 Å². The maximum Gasteiger partial charge on any atom is 0.127 e. The Morgan fingerprint density at radius 3 is 2.32 bits per heavy atom. The van der Waals surface area contributed by atoms with Crippen LogP contribution in [0.2, 0.25) is 0 Å². The van der Waals surface area contributed by atoms with Crippen molar-refractivity contribution in [2.24, 2.45) is 0 Å². The van der Waals surface area contributed by atoms with Gasteiger partial charge in [0.1, 0.15) is 11.5 Å². The molecule has 0 unspecified atom stereocenters. The number of rotatable bonds is 6. The van der Waals surface area contributed by atoms with Gasteiger partial charge in [-0.1, -0.05) is 54.1 Å². The van der Waals surface area contributed by atoms with E-state index in [9.17, 15) is 0 Å². The first-order chi connectivity index (χ1) is 10.8. The fraction of sp³-hybridized carbons (Fsp3) is 0.200. The van der Waals surface area contributed by atoms with Crippen molar-refractivity contribution in [1.29, 1.82) is 0 Å². The highest BCUT2D eigenvalue weighted by Crippen LogP contribution is 2.25. The predicted octanol–water partition coefficient (Wildman–Crippen LogP) is 5.00. The van der Waals surface area contributed by atoms with Gasteiger partial charge < -0.3 is 9.47 Å². The summed E-state index contributed by atoms with van der Waals surface area (Å²) in [4.78, 5) is 0. The molecule has 3 aromatic rings. The Morgan fingerprint density at radius 1 is 0.727 bits per heavy atom. The monoisotopic (exact) mass is 292 g/mol. The third-order valence-electron chi connectivity index (χ3n) is 3.59. The van der Waals surface area contributed by atoms with Gasteiger partial charge in [-0.3, -0.25) is 0 Å². The van der Waals surface area contributed by atoms with Crippen LogP contribution in [0.5, 0.6) is 11.5 Å². The largest absolute Gasteiger partial charge is 0.493 e. The summed E-state index contributed by atoms with van der Waals surface area (Å²) in [5.41, 5.74) is 1.24. The first-order valence-electron chi connectivity index (χ1n) is 7.63. The number of benzene rings is 3. The van der Waals surface area contributed by atoms with E-state index in [2.05, 4.69) is 37.3 Å². The predicted molar refractivity (Wildman–Crippen MR) is 90.7 cm³/mol. The Morgan fingerprint density at radius 2 is 1.45 bits per heavy atom. The van der Waals surface area contributed by atoms with Crippen LogP contribution in [0.4, 0.5) is 0 Å². The first-order valence-corrected chi connectivity index (χ1v) is 7.63. The zero-order valence-electron chi connectivity index (χ0n) is 12.8. The van der Waals surface area contributed by atoms with Gasteiger partial charge in [0.2, 0.25) is 0 Å². The van der Waals surface area contributed by atoms with Gasteiger partial charge >= 0.3 is 0 Å². The molecule has 0 saturated heterocycles. The van der Waals surface area contributed by atoms with Gasteiger partial charge in [-0.2, -0.15) is 0 Å². The lowest BCUT2D eigenvalue weighted by atomic mass is 10.1. The minimum atomic E-state index is 0.653. The number of hydrogen-bond acceptors (Lipinski definition) is 2. The van der Waals surface area contributed by atoms with Crippen LogP contribution in [0, 0.1) is 6.92 Å². The summed E-state index contributed by atoms with van der Waals surface area (Å²) in [5, 5.41) is 2.36. The molecule has 2 nitrogen and oxygen atoms in total. The van der Waals surface area contributed by atoms with E-state index in [0.717, 1.165) is 23.3 Å². The molecule has 0 atom stereocenters. The molecule has 0 aliphatic carbocycles. The van der Waals surface area contributed by atoms with Crippen molar-refractivity contribution in [1.82, 2.24) is 0 Å². The van der Waals surface area contributed by atoms with Crippen molar-refractivity contribution in [2.75, 3.05) is 13.2 Å². The van der Waals surface area contributed by atoms with Crippen LogP contribution in [0.3, 0.4) is 0 Å². The molecule has 0 aromatic heterocycles. The summed E-state index contributed by atoms with van der Waals surface area (Å²) in [6.45, 7) is 3.38. The van der Waals surface area contributed by atoms with Gasteiger partial charge in [0, 0.05) is 11.8 Å². The SMILES string of the molecule is Cc1ccc(OCCCOc2cccc3ccccc23)cc1. The van der Waals surface area contributed by atoms with Crippen LogP contribution in [0.1, 0.15) is 12.0 Å². The topological polar surface area (TPSA) is 18.5 Å². The number of aryl methyl sites for hydroxylation is 1. The Hall–Kier alpha value is -2.48. The molecule has 3 aromatic carbocycles. The van der Waals surface area contributed by atoms with E-state index in [1.807, 2.05) is 36.4 Å². The maximum absolute atomic E-state index is 5.90. The van der Waals surface area contributed by atoms with E-state index in [1.54, 1.807) is 0 Å². The molecular formula is C20H20O2. The third kappa shape index (κ3) is 3.59. The molecule has 0 saturated carbocycles. The van der Waals surface area contributed by atoms with E-state index in [1.165, 1.54) is 10.9 Å². The van der Waals surface area contributed by atoms with E-state index in [4.69, 9.17) is 9.47 Å². The number of fused-ring (bicyclic) bond motifs is 1. The molecule has 0 aliphatic heterocycles. The minimum absolute atomic E-state index is 0.653. The van der Waals surface area contributed by atoms with Crippen LogP contribution >= 0.6 is 0 Å². The van der Waals surface area contributed by atoms with Crippen molar-refractivity contribution in [3.05, 3.63) is 72.3 Å². The standard InChI is InChI=1S/C20H20O2/c1-16-10-12-18(13-11-16)21-14-5-15-22-20-9-4-7-17-6-2-3-8-19(17)20/h2-4,6-13H,5,14-15H2,1H3. The lowest BCUT2D eigenvalue weighted by molar-refractivity contribution is 0.249. The maximum atomic E-state index is 5.90. The van der Waals surface area contributed by atoms with Gasteiger partial charge in [0.15, 0.2) is 0 Å². The second-order valence-electron chi connectivity index (χ2n) is 5.34. The molecule has 0 bridgehead atoms. The van der Waals surface area contributed by atoms with Crippen LogP contribution in [0.25, 0.3) is 10.8 Å². The highest BCUT2D eigenvalue weighted by atomic mass is 16.5. The molecule has 0 N–H and O–H groups in total. The van der Waals surface area contributed by atoms with E-state index < -0.39 is 0 Å². The molecule has 0 radical (unpaired) electrons. The molecule has 0 heterocycles. The molecule has 2 heteroatoms. The summed E-state index contributed by atoms with van der Waals surface area (Å²) in [6, 6.07) is 22.5. The number of ether oxygens (including phenoxy) is 2. The summed E-state index contributed by atoms with van der Waals surface area (Å²) < 4.78 is 11.6. The zero-order chi connectivity index (χ0) is 15.2. The minimum Gasteiger partial charge on any atom is -0.493 e. The first kappa shape index (κ1) is 14.5. The molecule has 0 amide bonds. The van der Waals surface area contributed by atoms with Gasteiger partial charge in [-0.25, -0.2) is 0 Å². The molecule has 0 fully saturated rings. The zero-order valence-corrected chi connectivity index (χ0v) is 12.8. The van der Waals surface area contributed by atoms with Crippen LogP contribution in [-0.2, 0) is 0 Å². The Balaban J connectivity index is 1.49. The summed E-state index contributed by atoms with van der Waals surface area (Å²) in [6.07, 6.45) is 0.858. The van der Waals surface area contributed by atoms with Crippen molar-refractivity contribution >= 4 is 10.8 Å². The third-order valence-corrected chi connectivity index (χ3v) is 3.59. The highest BCUT2D eigenvalue weighted by molar-refractivity contribution is 5.88. The molecular weight excluding hydrogens is 272 g/mol. The lowest BCUT2D eigenvalue weighted by Gasteiger charge is -2.10. The molecule has 0 aliphatic rings. The fourth-order valence-corrected chi connectivity index (χ4v) is 2.39. The molecule has 22 heavy (non-hydrogen) atoms. The smallest absolute Gasteiger partial charge is 0.127 e. The van der Waals surface area contributed by atoms with Gasteiger partial charge in [-0.05, 0) is 30.5 Å². The van der Waals surface area contributed by atoms with Crippen molar-refractivity contribution in [3.63, 3.8) is 0 Å². The van der Waals surface area contributed by atoms with Crippen molar-refractivity contribution < 1.29 is 9.47 Å². The molecule has 112 valence electrons. The summed E-state index contributed by atoms with van der Waals surface area (Å²) in [5.74, 6) is 1.85. The average Bonchev–Trinajstić information content (AvgIpc) is 2.56. The second-order valence-corrected chi connectivity index (χ2v) is 5.34. The van der Waals surface area contributed by atoms with Crippen LogP contribution < -0.4 is 9.47 Å². The summed E-state index contributed by atoms with van der Waals surface area (Å²) >= 11 is 0. The van der Waals surface area contributed by atoms with E-state index >= 15 is 0 Å². The Bertz CT molecular complexity index is 727. The Kier molecular flexibility index (Phi) is 4.59. The van der Waals surface area contributed by atoms with E-state index in [-0.39, 0.29) is 0 Å². The fourth-order valence-electron chi connectivity index (χ4n) is 2.39. The van der Waals surface area contributed by atoms with Gasteiger partial charge in [0.05, 0.1) is 13.2 Å². The molecule has 0 spiro atoms. The normalized spacial score (nSPS) is 10.6. The van der Waals surface area contributed by atoms with Gasteiger partial charge in [0.25, 0.3) is 0 Å². The van der Waals surface area contributed by atoms with Crippen molar-refractivity contribution in [3.8, 4) is 11.5 Å². The van der Waals surface area contributed by atoms with E-state index in [0.29, 0.717) is 13.2 Å². The second kappa shape index (κ2) is 6.99. The van der Waals surface area contributed by atoms with Crippen LogP contribution in [0.15, 0.2) is 66.7 Å². The lowest BCUT2D eigenvalue weighted by Crippen LogP contribution is -2.05. The Labute approximate surface area is 131 Å². The van der Waals surface area contributed by atoms with Gasteiger partial charge in [-0.15, -0.1) is 0 Å². The quantitative estimate of drug-likeness (QED) is 0.595. The molecule has 3 rings (SSSR count). The summed E-state index contributed by atoms with van der Waals surface area (Å²) in [7, 11) is 0. The highest BCUT2D eigenvalue weighted by Gasteiger charge is 2.01. The van der Waals surface area contributed by atoms with Crippen molar-refractivity contribution in [2.45, 2.75) is 13.3 Å². The number of hydrogen-bond donors (Lipinski definition) is 0.